The highest BCUT2D eigenvalue weighted by molar-refractivity contribution is 6.09. The number of aromatic nitrogens is 1. The number of nitrogens with zero attached hydrogens (tertiary/aromatic N) is 1. The first-order valence-electron chi connectivity index (χ1n) is 8.73. The topological polar surface area (TPSA) is 77.2 Å². The Kier molecular flexibility index (Phi) is 5.98. The van der Waals surface area contributed by atoms with E-state index in [-0.39, 0.29) is 11.7 Å². The number of H-pyrrole nitrogens is 1. The first-order valence-corrected chi connectivity index (χ1v) is 8.73. The highest BCUT2D eigenvalue weighted by Crippen LogP contribution is 2.10. The van der Waals surface area contributed by atoms with Crippen molar-refractivity contribution < 1.29 is 9.59 Å². The lowest BCUT2D eigenvalue weighted by atomic mass is 10.0. The predicted molar refractivity (Wildman–Crippen MR) is 96.9 cm³/mol. The molecule has 6 heteroatoms. The van der Waals surface area contributed by atoms with E-state index in [4.69, 9.17) is 0 Å². The van der Waals surface area contributed by atoms with Crippen molar-refractivity contribution in [3.63, 3.8) is 0 Å². The summed E-state index contributed by atoms with van der Waals surface area (Å²) in [6.07, 6.45) is 4.33. The molecule has 3 N–H and O–H groups in total. The number of carbonyl (C=O) groups is 2. The molecule has 1 saturated heterocycles. The number of ketones is 1. The monoisotopic (exact) mass is 340 g/mol. The second kappa shape index (κ2) is 8.60. The number of benzene rings is 1. The van der Waals surface area contributed by atoms with E-state index < -0.39 is 0 Å². The van der Waals surface area contributed by atoms with Crippen LogP contribution in [0.25, 0.3) is 0 Å². The maximum atomic E-state index is 12.2. The van der Waals surface area contributed by atoms with Crippen molar-refractivity contribution in [2.24, 2.45) is 0 Å². The van der Waals surface area contributed by atoms with Gasteiger partial charge >= 0.3 is 0 Å². The molecule has 0 spiro atoms. The summed E-state index contributed by atoms with van der Waals surface area (Å²) in [5, 5.41) is 6.27. The van der Waals surface area contributed by atoms with Crippen molar-refractivity contribution in [1.82, 2.24) is 20.5 Å². The molecule has 0 bridgehead atoms. The van der Waals surface area contributed by atoms with Crippen molar-refractivity contribution in [2.45, 2.75) is 6.42 Å². The van der Waals surface area contributed by atoms with Crippen LogP contribution in [0.2, 0.25) is 0 Å². The Balaban J connectivity index is 1.45. The molecule has 0 unspecified atom stereocenters. The van der Waals surface area contributed by atoms with Crippen molar-refractivity contribution >= 4 is 11.7 Å². The van der Waals surface area contributed by atoms with Gasteiger partial charge in [0.15, 0.2) is 5.78 Å². The summed E-state index contributed by atoms with van der Waals surface area (Å²) >= 11 is 0. The normalized spacial score (nSPS) is 15.0. The number of piperazine rings is 1. The number of aromatic amines is 1. The van der Waals surface area contributed by atoms with Gasteiger partial charge in [-0.2, -0.15) is 0 Å². The Labute approximate surface area is 147 Å². The Bertz CT molecular complexity index is 689. The van der Waals surface area contributed by atoms with Crippen LogP contribution in [-0.4, -0.2) is 60.8 Å². The van der Waals surface area contributed by atoms with Gasteiger partial charge in [-0.1, -0.05) is 12.1 Å². The van der Waals surface area contributed by atoms with Crippen LogP contribution in [0.3, 0.4) is 0 Å². The Morgan fingerprint density at radius 2 is 1.72 bits per heavy atom. The van der Waals surface area contributed by atoms with Gasteiger partial charge in [-0.05, 0) is 31.2 Å². The van der Waals surface area contributed by atoms with Crippen LogP contribution in [0.15, 0.2) is 42.7 Å². The van der Waals surface area contributed by atoms with E-state index in [9.17, 15) is 9.59 Å². The smallest absolute Gasteiger partial charge is 0.251 e. The molecule has 2 heterocycles. The fourth-order valence-corrected chi connectivity index (χ4v) is 2.95. The van der Waals surface area contributed by atoms with Crippen LogP contribution in [0.1, 0.15) is 32.7 Å². The summed E-state index contributed by atoms with van der Waals surface area (Å²) in [5.74, 6) is -0.148. The minimum absolute atomic E-state index is 0.0516. The molecule has 2 aromatic rings. The number of hydrogen-bond donors (Lipinski definition) is 3. The third kappa shape index (κ3) is 4.78. The summed E-state index contributed by atoms with van der Waals surface area (Å²) < 4.78 is 0. The van der Waals surface area contributed by atoms with E-state index >= 15 is 0 Å². The molecule has 1 aromatic heterocycles. The molecule has 1 aliphatic rings. The highest BCUT2D eigenvalue weighted by Gasteiger charge is 2.12. The molecule has 1 fully saturated rings. The molecule has 0 radical (unpaired) electrons. The van der Waals surface area contributed by atoms with Gasteiger partial charge in [-0.3, -0.25) is 9.59 Å². The largest absolute Gasteiger partial charge is 0.367 e. The zero-order chi connectivity index (χ0) is 17.5. The molecule has 0 aliphatic carbocycles. The quantitative estimate of drug-likeness (QED) is 0.524. The molecule has 6 nitrogen and oxygen atoms in total. The van der Waals surface area contributed by atoms with Crippen molar-refractivity contribution in [3.05, 3.63) is 59.4 Å². The fourth-order valence-electron chi connectivity index (χ4n) is 2.95. The van der Waals surface area contributed by atoms with Crippen molar-refractivity contribution in [1.29, 1.82) is 0 Å². The standard InChI is InChI=1S/C19H24N4O2/c24-18(17-6-8-21-14-17)15-2-4-16(5-3-15)19(25)22-7-1-11-23-12-9-20-10-13-23/h2-6,8,14,20-21H,1,7,9-13H2,(H,22,25). The van der Waals surface area contributed by atoms with E-state index in [1.54, 1.807) is 42.7 Å². The summed E-state index contributed by atoms with van der Waals surface area (Å²) in [6, 6.07) is 8.54. The Morgan fingerprint density at radius 3 is 2.40 bits per heavy atom. The van der Waals surface area contributed by atoms with Crippen LogP contribution in [0, 0.1) is 0 Å². The van der Waals surface area contributed by atoms with Gasteiger partial charge in [0, 0.05) is 61.8 Å². The van der Waals surface area contributed by atoms with E-state index in [1.807, 2.05) is 0 Å². The molecule has 0 saturated carbocycles. The first-order chi connectivity index (χ1) is 12.2. The second-order valence-corrected chi connectivity index (χ2v) is 6.21. The van der Waals surface area contributed by atoms with E-state index in [0.717, 1.165) is 39.1 Å². The van der Waals surface area contributed by atoms with Gasteiger partial charge in [-0.25, -0.2) is 0 Å². The molecule has 1 aromatic carbocycles. The number of amides is 1. The SMILES string of the molecule is O=C(NCCCN1CCNCC1)c1ccc(C(=O)c2cc[nH]c2)cc1. The summed E-state index contributed by atoms with van der Waals surface area (Å²) in [4.78, 5) is 29.7. The number of rotatable bonds is 7. The van der Waals surface area contributed by atoms with Crippen LogP contribution in [0.4, 0.5) is 0 Å². The van der Waals surface area contributed by atoms with Gasteiger partial charge in [0.05, 0.1) is 0 Å². The molecule has 25 heavy (non-hydrogen) atoms. The minimum atomic E-state index is -0.0963. The maximum absolute atomic E-state index is 12.2. The average Bonchev–Trinajstić information content (AvgIpc) is 3.20. The van der Waals surface area contributed by atoms with Gasteiger partial charge < -0.3 is 20.5 Å². The molecule has 132 valence electrons. The van der Waals surface area contributed by atoms with Crippen LogP contribution in [-0.2, 0) is 0 Å². The average molecular weight is 340 g/mol. The highest BCUT2D eigenvalue weighted by atomic mass is 16.1. The van der Waals surface area contributed by atoms with Crippen LogP contribution < -0.4 is 10.6 Å². The Hall–Kier alpha value is -2.44. The summed E-state index contributed by atoms with van der Waals surface area (Å²) in [7, 11) is 0. The van der Waals surface area contributed by atoms with Gasteiger partial charge in [0.25, 0.3) is 5.91 Å². The molecule has 1 amide bonds. The third-order valence-electron chi connectivity index (χ3n) is 4.42. The van der Waals surface area contributed by atoms with Crippen molar-refractivity contribution in [3.8, 4) is 0 Å². The number of nitrogens with one attached hydrogen (secondary N) is 3. The van der Waals surface area contributed by atoms with Gasteiger partial charge in [-0.15, -0.1) is 0 Å². The third-order valence-corrected chi connectivity index (χ3v) is 4.42. The van der Waals surface area contributed by atoms with E-state index in [2.05, 4.69) is 20.5 Å². The minimum Gasteiger partial charge on any atom is -0.367 e. The summed E-state index contributed by atoms with van der Waals surface area (Å²) in [6.45, 7) is 5.90. The number of carbonyl (C=O) groups excluding carboxylic acids is 2. The lowest BCUT2D eigenvalue weighted by molar-refractivity contribution is 0.0949. The van der Waals surface area contributed by atoms with Gasteiger partial charge in [0.1, 0.15) is 0 Å². The molecule has 0 atom stereocenters. The van der Waals surface area contributed by atoms with Crippen LogP contribution >= 0.6 is 0 Å². The molecule has 1 aliphatic heterocycles. The van der Waals surface area contributed by atoms with Crippen LogP contribution in [0.5, 0.6) is 0 Å². The van der Waals surface area contributed by atoms with E-state index in [1.165, 1.54) is 0 Å². The fraction of sp³-hybridized carbons (Fsp3) is 0.368. The molecular formula is C19H24N4O2. The Morgan fingerprint density at radius 1 is 1.00 bits per heavy atom. The lowest BCUT2D eigenvalue weighted by Gasteiger charge is -2.27. The zero-order valence-corrected chi connectivity index (χ0v) is 14.3. The maximum Gasteiger partial charge on any atom is 0.251 e. The molecule has 3 rings (SSSR count). The predicted octanol–water partition coefficient (Wildman–Crippen LogP) is 1.27. The molecular weight excluding hydrogens is 316 g/mol. The second-order valence-electron chi connectivity index (χ2n) is 6.21. The lowest BCUT2D eigenvalue weighted by Crippen LogP contribution is -2.44. The zero-order valence-electron chi connectivity index (χ0n) is 14.3. The van der Waals surface area contributed by atoms with Crippen molar-refractivity contribution in [2.75, 3.05) is 39.3 Å². The number of hydrogen-bond acceptors (Lipinski definition) is 4. The first kappa shape index (κ1) is 17.4. The summed E-state index contributed by atoms with van der Waals surface area (Å²) in [5.41, 5.74) is 1.77. The van der Waals surface area contributed by atoms with E-state index in [0.29, 0.717) is 23.2 Å². The van der Waals surface area contributed by atoms with Gasteiger partial charge in [0.2, 0.25) is 0 Å².